The lowest BCUT2D eigenvalue weighted by molar-refractivity contribution is -0.120. The van der Waals surface area contributed by atoms with Crippen LogP contribution in [0.5, 0.6) is 5.75 Å². The second-order valence-corrected chi connectivity index (χ2v) is 5.31. The van der Waals surface area contributed by atoms with Crippen LogP contribution in [-0.4, -0.2) is 33.3 Å². The van der Waals surface area contributed by atoms with Gasteiger partial charge < -0.3 is 10.4 Å². The van der Waals surface area contributed by atoms with Gasteiger partial charge in [-0.2, -0.15) is 5.10 Å². The number of carbonyl (C=O) groups is 2. The zero-order valence-corrected chi connectivity index (χ0v) is 12.4. The molecule has 9 heteroatoms. The van der Waals surface area contributed by atoms with Crippen LogP contribution < -0.4 is 10.7 Å². The van der Waals surface area contributed by atoms with E-state index in [0.717, 1.165) is 16.9 Å². The molecule has 0 spiro atoms. The molecule has 0 atom stereocenters. The van der Waals surface area contributed by atoms with Gasteiger partial charge in [0.05, 0.1) is 12.6 Å². The third kappa shape index (κ3) is 4.94. The zero-order chi connectivity index (χ0) is 15.9. The molecule has 1 heterocycles. The summed E-state index contributed by atoms with van der Waals surface area (Å²) >= 11 is 1.13. The number of anilines is 1. The lowest BCUT2D eigenvalue weighted by atomic mass is 10.2. The number of hydrazone groups is 1. The number of aromatic nitrogens is 2. The summed E-state index contributed by atoms with van der Waals surface area (Å²) in [5, 5.41) is 23.8. The van der Waals surface area contributed by atoms with Crippen molar-refractivity contribution in [3.8, 4) is 5.75 Å². The number of hydrogen-bond acceptors (Lipinski definition) is 7. The molecule has 22 heavy (non-hydrogen) atoms. The Labute approximate surface area is 129 Å². The van der Waals surface area contributed by atoms with Gasteiger partial charge in [-0.1, -0.05) is 11.3 Å². The van der Waals surface area contributed by atoms with Gasteiger partial charge in [-0.15, -0.1) is 10.2 Å². The van der Waals surface area contributed by atoms with Gasteiger partial charge in [0.2, 0.25) is 16.9 Å². The topological polar surface area (TPSA) is 117 Å². The Balaban J connectivity index is 1.83. The normalized spacial score (nSPS) is 10.6. The van der Waals surface area contributed by atoms with Gasteiger partial charge in [-0.05, 0) is 29.8 Å². The van der Waals surface area contributed by atoms with Gasteiger partial charge in [-0.25, -0.2) is 5.43 Å². The first-order valence-corrected chi connectivity index (χ1v) is 7.05. The molecule has 1 aromatic heterocycles. The predicted molar refractivity (Wildman–Crippen MR) is 81.8 cm³/mol. The molecule has 8 nitrogen and oxygen atoms in total. The van der Waals surface area contributed by atoms with E-state index in [1.165, 1.54) is 25.3 Å². The first-order chi connectivity index (χ1) is 10.5. The lowest BCUT2D eigenvalue weighted by Crippen LogP contribution is -2.19. The Morgan fingerprint density at radius 1 is 1.32 bits per heavy atom. The van der Waals surface area contributed by atoms with Crippen LogP contribution in [0, 0.1) is 0 Å². The van der Waals surface area contributed by atoms with Crippen molar-refractivity contribution in [2.75, 3.05) is 5.32 Å². The molecule has 2 aromatic rings. The van der Waals surface area contributed by atoms with E-state index in [0.29, 0.717) is 10.1 Å². The quantitative estimate of drug-likeness (QED) is 0.559. The summed E-state index contributed by atoms with van der Waals surface area (Å²) in [4.78, 5) is 22.5. The summed E-state index contributed by atoms with van der Waals surface area (Å²) < 4.78 is 0. The van der Waals surface area contributed by atoms with Crippen molar-refractivity contribution < 1.29 is 14.7 Å². The maximum atomic E-state index is 11.7. The fraction of sp³-hybridized carbons (Fsp3) is 0.154. The average molecular weight is 319 g/mol. The fourth-order valence-electron chi connectivity index (χ4n) is 1.44. The van der Waals surface area contributed by atoms with Gasteiger partial charge in [0.1, 0.15) is 10.8 Å². The number of phenolic OH excluding ortho intramolecular Hbond substituents is 1. The van der Waals surface area contributed by atoms with E-state index in [2.05, 4.69) is 26.0 Å². The number of amides is 2. The number of nitrogens with zero attached hydrogens (tertiary/aromatic N) is 3. The van der Waals surface area contributed by atoms with E-state index in [4.69, 9.17) is 5.11 Å². The van der Waals surface area contributed by atoms with Crippen LogP contribution in [0.4, 0.5) is 5.13 Å². The van der Waals surface area contributed by atoms with E-state index >= 15 is 0 Å². The van der Waals surface area contributed by atoms with Crippen molar-refractivity contribution in [1.82, 2.24) is 15.6 Å². The highest BCUT2D eigenvalue weighted by molar-refractivity contribution is 7.15. The van der Waals surface area contributed by atoms with Gasteiger partial charge in [-0.3, -0.25) is 9.59 Å². The van der Waals surface area contributed by atoms with Crippen LogP contribution in [0.2, 0.25) is 0 Å². The molecule has 114 valence electrons. The Morgan fingerprint density at radius 3 is 2.73 bits per heavy atom. The molecular formula is C13H13N5O3S. The Morgan fingerprint density at radius 2 is 2.05 bits per heavy atom. The smallest absolute Gasteiger partial charge is 0.247 e. The summed E-state index contributed by atoms with van der Waals surface area (Å²) in [6, 6.07) is 6.37. The number of phenols is 1. The second kappa shape index (κ2) is 7.27. The van der Waals surface area contributed by atoms with Crippen molar-refractivity contribution >= 4 is 34.5 Å². The molecule has 2 amide bonds. The number of carbonyl (C=O) groups excluding carboxylic acids is 2. The minimum Gasteiger partial charge on any atom is -0.508 e. The molecule has 3 N–H and O–H groups in total. The third-order valence-corrected chi connectivity index (χ3v) is 3.20. The van der Waals surface area contributed by atoms with Crippen molar-refractivity contribution in [2.24, 2.45) is 5.10 Å². The summed E-state index contributed by atoms with van der Waals surface area (Å²) in [6.45, 7) is 1.37. The van der Waals surface area contributed by atoms with Crippen LogP contribution in [0.3, 0.4) is 0 Å². The Hall–Kier alpha value is -2.81. The first-order valence-electron chi connectivity index (χ1n) is 6.24. The SMILES string of the molecule is CC(=O)Nc1nnc(CC(=O)N/N=C\c2ccc(O)cc2)s1. The van der Waals surface area contributed by atoms with Crippen LogP contribution in [-0.2, 0) is 16.0 Å². The minimum atomic E-state index is -0.347. The molecule has 0 unspecified atom stereocenters. The van der Waals surface area contributed by atoms with Crippen molar-refractivity contribution in [1.29, 1.82) is 0 Å². The number of nitrogens with one attached hydrogen (secondary N) is 2. The third-order valence-electron chi connectivity index (χ3n) is 2.36. The summed E-state index contributed by atoms with van der Waals surface area (Å²) in [6.07, 6.45) is 1.48. The first kappa shape index (κ1) is 15.6. The summed E-state index contributed by atoms with van der Waals surface area (Å²) in [5.41, 5.74) is 3.10. The van der Waals surface area contributed by atoms with E-state index in [9.17, 15) is 9.59 Å². The second-order valence-electron chi connectivity index (χ2n) is 4.24. The van der Waals surface area contributed by atoms with Gasteiger partial charge in [0.15, 0.2) is 0 Å². The highest BCUT2D eigenvalue weighted by Gasteiger charge is 2.09. The zero-order valence-electron chi connectivity index (χ0n) is 11.6. The maximum Gasteiger partial charge on any atom is 0.247 e. The number of hydrogen-bond donors (Lipinski definition) is 3. The number of rotatable bonds is 5. The van der Waals surface area contributed by atoms with Crippen molar-refractivity contribution in [3.63, 3.8) is 0 Å². The van der Waals surface area contributed by atoms with Crippen LogP contribution in [0.1, 0.15) is 17.5 Å². The van der Waals surface area contributed by atoms with Gasteiger partial charge >= 0.3 is 0 Å². The maximum absolute atomic E-state index is 11.7. The minimum absolute atomic E-state index is 0.0180. The van der Waals surface area contributed by atoms with E-state index < -0.39 is 0 Å². The molecule has 0 fully saturated rings. The molecule has 0 radical (unpaired) electrons. The molecule has 2 rings (SSSR count). The Bertz CT molecular complexity index is 696. The van der Waals surface area contributed by atoms with Crippen molar-refractivity contribution in [3.05, 3.63) is 34.8 Å². The monoisotopic (exact) mass is 319 g/mol. The molecular weight excluding hydrogens is 306 g/mol. The molecule has 0 aliphatic rings. The number of benzene rings is 1. The van der Waals surface area contributed by atoms with Crippen LogP contribution >= 0.6 is 11.3 Å². The van der Waals surface area contributed by atoms with Gasteiger partial charge in [0, 0.05) is 6.92 Å². The Kier molecular flexibility index (Phi) is 5.15. The van der Waals surface area contributed by atoms with Crippen LogP contribution in [0.25, 0.3) is 0 Å². The molecule has 1 aromatic carbocycles. The molecule has 0 saturated carbocycles. The summed E-state index contributed by atoms with van der Waals surface area (Å²) in [7, 11) is 0. The molecule has 0 bridgehead atoms. The fourth-order valence-corrected chi connectivity index (χ4v) is 2.23. The highest BCUT2D eigenvalue weighted by Crippen LogP contribution is 2.15. The lowest BCUT2D eigenvalue weighted by Gasteiger charge is -1.97. The molecule has 0 saturated heterocycles. The standard InChI is InChI=1S/C13H13N5O3S/c1-8(19)15-13-18-17-12(22-13)6-11(21)16-14-7-9-2-4-10(20)5-3-9/h2-5,7,20H,6H2,1H3,(H,16,21)(H,15,18,19)/b14-7-. The van der Waals surface area contributed by atoms with E-state index in [1.807, 2.05) is 0 Å². The molecule has 0 aliphatic heterocycles. The largest absolute Gasteiger partial charge is 0.508 e. The van der Waals surface area contributed by atoms with E-state index in [1.54, 1.807) is 12.1 Å². The molecule has 0 aliphatic carbocycles. The van der Waals surface area contributed by atoms with Crippen molar-refractivity contribution in [2.45, 2.75) is 13.3 Å². The summed E-state index contributed by atoms with van der Waals surface area (Å²) in [5.74, 6) is -0.432. The predicted octanol–water partition coefficient (Wildman–Crippen LogP) is 0.895. The highest BCUT2D eigenvalue weighted by atomic mass is 32.1. The number of aromatic hydroxyl groups is 1. The van der Waals surface area contributed by atoms with E-state index in [-0.39, 0.29) is 24.0 Å². The van der Waals surface area contributed by atoms with Crippen LogP contribution in [0.15, 0.2) is 29.4 Å². The average Bonchev–Trinajstić information content (AvgIpc) is 2.87. The van der Waals surface area contributed by atoms with Gasteiger partial charge in [0.25, 0.3) is 0 Å².